The molecule has 1 unspecified atom stereocenters. The van der Waals surface area contributed by atoms with E-state index >= 15 is 0 Å². The standard InChI is InChI=1S/C15H22ClFN2/c1-2-19(10-11-4-3-5-11)15(9-18)12-6-7-14(17)13(16)8-12/h6-8,11,15H,2-5,9-10,18H2,1H3. The molecule has 1 aliphatic rings. The van der Waals surface area contributed by atoms with Crippen molar-refractivity contribution in [3.63, 3.8) is 0 Å². The van der Waals surface area contributed by atoms with Crippen molar-refractivity contribution in [3.05, 3.63) is 34.6 Å². The number of nitrogens with zero attached hydrogens (tertiary/aromatic N) is 1. The number of hydrogen-bond acceptors (Lipinski definition) is 2. The Hall–Kier alpha value is -0.640. The van der Waals surface area contributed by atoms with Gasteiger partial charge in [-0.25, -0.2) is 4.39 Å². The van der Waals surface area contributed by atoms with Gasteiger partial charge in [0.1, 0.15) is 5.82 Å². The van der Waals surface area contributed by atoms with Crippen molar-refractivity contribution < 1.29 is 4.39 Å². The van der Waals surface area contributed by atoms with Crippen LogP contribution in [0.2, 0.25) is 5.02 Å². The fourth-order valence-electron chi connectivity index (χ4n) is 2.70. The van der Waals surface area contributed by atoms with Crippen LogP contribution in [0.3, 0.4) is 0 Å². The molecule has 1 saturated carbocycles. The van der Waals surface area contributed by atoms with Gasteiger partial charge in [0.2, 0.25) is 0 Å². The van der Waals surface area contributed by atoms with Crippen molar-refractivity contribution >= 4 is 11.6 Å². The lowest BCUT2D eigenvalue weighted by molar-refractivity contribution is 0.141. The van der Waals surface area contributed by atoms with Gasteiger partial charge in [0, 0.05) is 19.1 Å². The van der Waals surface area contributed by atoms with Gasteiger partial charge in [-0.1, -0.05) is 31.0 Å². The SMILES string of the molecule is CCN(CC1CCC1)C(CN)c1ccc(F)c(Cl)c1. The first kappa shape index (κ1) is 14.8. The van der Waals surface area contributed by atoms with E-state index in [4.69, 9.17) is 17.3 Å². The minimum Gasteiger partial charge on any atom is -0.329 e. The summed E-state index contributed by atoms with van der Waals surface area (Å²) < 4.78 is 13.2. The van der Waals surface area contributed by atoms with Crippen LogP contribution in [-0.2, 0) is 0 Å². The zero-order valence-corrected chi connectivity index (χ0v) is 12.2. The summed E-state index contributed by atoms with van der Waals surface area (Å²) in [5.41, 5.74) is 6.94. The molecule has 0 amide bonds. The molecule has 1 fully saturated rings. The molecular formula is C15H22ClFN2. The number of benzene rings is 1. The number of rotatable bonds is 6. The van der Waals surface area contributed by atoms with Crippen LogP contribution in [0.4, 0.5) is 4.39 Å². The molecule has 0 spiro atoms. The molecule has 1 aliphatic carbocycles. The Bertz CT molecular complexity index is 421. The maximum atomic E-state index is 13.2. The summed E-state index contributed by atoms with van der Waals surface area (Å²) in [4.78, 5) is 2.38. The van der Waals surface area contributed by atoms with E-state index in [2.05, 4.69) is 11.8 Å². The molecule has 1 atom stereocenters. The van der Waals surface area contributed by atoms with Gasteiger partial charge in [-0.2, -0.15) is 0 Å². The Kier molecular flexibility index (Phi) is 5.20. The van der Waals surface area contributed by atoms with Crippen molar-refractivity contribution in [2.45, 2.75) is 32.2 Å². The topological polar surface area (TPSA) is 29.3 Å². The van der Waals surface area contributed by atoms with Crippen LogP contribution in [0.25, 0.3) is 0 Å². The second-order valence-electron chi connectivity index (χ2n) is 5.31. The Labute approximate surface area is 119 Å². The molecule has 2 rings (SSSR count). The summed E-state index contributed by atoms with van der Waals surface area (Å²) in [6.45, 7) is 4.70. The molecule has 2 N–H and O–H groups in total. The minimum absolute atomic E-state index is 0.128. The third kappa shape index (κ3) is 3.47. The molecular weight excluding hydrogens is 263 g/mol. The van der Waals surface area contributed by atoms with Gasteiger partial charge in [0.05, 0.1) is 5.02 Å². The van der Waals surface area contributed by atoms with Crippen molar-refractivity contribution in [2.75, 3.05) is 19.6 Å². The highest BCUT2D eigenvalue weighted by molar-refractivity contribution is 6.30. The number of nitrogens with two attached hydrogens (primary N) is 1. The highest BCUT2D eigenvalue weighted by Gasteiger charge is 2.25. The van der Waals surface area contributed by atoms with Crippen molar-refractivity contribution in [1.82, 2.24) is 4.90 Å². The molecule has 0 aliphatic heterocycles. The van der Waals surface area contributed by atoms with E-state index in [1.807, 2.05) is 0 Å². The van der Waals surface area contributed by atoms with Crippen molar-refractivity contribution in [1.29, 1.82) is 0 Å². The fourth-order valence-corrected chi connectivity index (χ4v) is 2.89. The lowest BCUT2D eigenvalue weighted by atomic mass is 9.84. The van der Waals surface area contributed by atoms with E-state index in [0.29, 0.717) is 6.54 Å². The maximum Gasteiger partial charge on any atom is 0.141 e. The second-order valence-corrected chi connectivity index (χ2v) is 5.72. The molecule has 1 aromatic rings. The lowest BCUT2D eigenvalue weighted by Crippen LogP contribution is -2.38. The van der Waals surface area contributed by atoms with Crippen LogP contribution in [0, 0.1) is 11.7 Å². The monoisotopic (exact) mass is 284 g/mol. The molecule has 0 radical (unpaired) electrons. The molecule has 2 nitrogen and oxygen atoms in total. The predicted molar refractivity (Wildman–Crippen MR) is 77.8 cm³/mol. The Balaban J connectivity index is 2.13. The van der Waals surface area contributed by atoms with Gasteiger partial charge in [0.15, 0.2) is 0 Å². The molecule has 0 aromatic heterocycles. The number of likely N-dealkylation sites (N-methyl/N-ethyl adjacent to an activating group) is 1. The number of halogens is 2. The van der Waals surface area contributed by atoms with Gasteiger partial charge in [-0.3, -0.25) is 4.90 Å². The van der Waals surface area contributed by atoms with Crippen molar-refractivity contribution in [3.8, 4) is 0 Å². The fraction of sp³-hybridized carbons (Fsp3) is 0.600. The second kappa shape index (κ2) is 6.69. The quantitative estimate of drug-likeness (QED) is 0.865. The molecule has 0 bridgehead atoms. The minimum atomic E-state index is -0.372. The van der Waals surface area contributed by atoms with Crippen LogP contribution >= 0.6 is 11.6 Å². The molecule has 106 valence electrons. The number of hydrogen-bond donors (Lipinski definition) is 1. The smallest absolute Gasteiger partial charge is 0.141 e. The van der Waals surface area contributed by atoms with Gasteiger partial charge in [0.25, 0.3) is 0 Å². The summed E-state index contributed by atoms with van der Waals surface area (Å²) in [5.74, 6) is 0.424. The molecule has 4 heteroatoms. The highest BCUT2D eigenvalue weighted by atomic mass is 35.5. The van der Waals surface area contributed by atoms with Crippen molar-refractivity contribution in [2.24, 2.45) is 11.7 Å². The third-order valence-electron chi connectivity index (χ3n) is 4.12. The van der Waals surface area contributed by atoms with E-state index in [9.17, 15) is 4.39 Å². The van der Waals surface area contributed by atoms with Crippen LogP contribution in [0.1, 0.15) is 37.8 Å². The lowest BCUT2D eigenvalue weighted by Gasteiger charge is -2.36. The van der Waals surface area contributed by atoms with E-state index in [1.165, 1.54) is 25.3 Å². The summed E-state index contributed by atoms with van der Waals surface area (Å²) >= 11 is 5.87. The molecule has 1 aromatic carbocycles. The van der Waals surface area contributed by atoms with Crippen LogP contribution in [0.5, 0.6) is 0 Å². The molecule has 0 heterocycles. The van der Waals surface area contributed by atoms with Gasteiger partial charge in [-0.05, 0) is 43.0 Å². The first-order chi connectivity index (χ1) is 9.15. The van der Waals surface area contributed by atoms with Crippen LogP contribution in [0.15, 0.2) is 18.2 Å². The van der Waals surface area contributed by atoms with Gasteiger partial charge < -0.3 is 5.73 Å². The normalized spacial score (nSPS) is 17.5. The van der Waals surface area contributed by atoms with E-state index in [-0.39, 0.29) is 16.9 Å². The average molecular weight is 285 g/mol. The first-order valence-corrected chi connectivity index (χ1v) is 7.42. The molecule has 19 heavy (non-hydrogen) atoms. The first-order valence-electron chi connectivity index (χ1n) is 7.04. The van der Waals surface area contributed by atoms with Crippen LogP contribution in [-0.4, -0.2) is 24.5 Å². The summed E-state index contributed by atoms with van der Waals surface area (Å²) in [6.07, 6.45) is 3.98. The average Bonchev–Trinajstić information content (AvgIpc) is 2.36. The summed E-state index contributed by atoms with van der Waals surface area (Å²) in [5, 5.41) is 0.177. The molecule has 0 saturated heterocycles. The third-order valence-corrected chi connectivity index (χ3v) is 4.41. The van der Waals surface area contributed by atoms with Crippen LogP contribution < -0.4 is 5.73 Å². The maximum absolute atomic E-state index is 13.2. The zero-order valence-electron chi connectivity index (χ0n) is 11.4. The van der Waals surface area contributed by atoms with E-state index in [0.717, 1.165) is 24.6 Å². The van der Waals surface area contributed by atoms with E-state index < -0.39 is 0 Å². The Morgan fingerprint density at radius 1 is 1.47 bits per heavy atom. The highest BCUT2D eigenvalue weighted by Crippen LogP contribution is 2.31. The Morgan fingerprint density at radius 2 is 2.21 bits per heavy atom. The summed E-state index contributed by atoms with van der Waals surface area (Å²) in [7, 11) is 0. The predicted octanol–water partition coefficient (Wildman–Crippen LogP) is 3.60. The Morgan fingerprint density at radius 3 is 2.68 bits per heavy atom. The van der Waals surface area contributed by atoms with Gasteiger partial charge >= 0.3 is 0 Å². The largest absolute Gasteiger partial charge is 0.329 e. The van der Waals surface area contributed by atoms with Gasteiger partial charge in [-0.15, -0.1) is 0 Å². The summed E-state index contributed by atoms with van der Waals surface area (Å²) in [6, 6.07) is 5.06. The zero-order chi connectivity index (χ0) is 13.8. The van der Waals surface area contributed by atoms with E-state index in [1.54, 1.807) is 12.1 Å².